The molecule has 1 saturated heterocycles. The fourth-order valence-corrected chi connectivity index (χ4v) is 4.14. The van der Waals surface area contributed by atoms with Crippen LogP contribution in [0.3, 0.4) is 0 Å². The lowest BCUT2D eigenvalue weighted by atomic mass is 10.0. The zero-order valence-corrected chi connectivity index (χ0v) is 15.7. The zero-order chi connectivity index (χ0) is 18.1. The number of benzene rings is 1. The van der Waals surface area contributed by atoms with E-state index in [1.54, 1.807) is 18.2 Å². The highest BCUT2D eigenvalue weighted by atomic mass is 32.2. The standard InChI is InChI=1S/C18H29N3O3S/c1-16-7-5-13-21(15-16)14-6-11-19-18(22)10-12-20-25(23,24)17-8-3-2-4-9-17/h2-4,8-9,16,20H,5-7,10-15H2,1H3,(H,19,22). The van der Waals surface area contributed by atoms with Crippen molar-refractivity contribution in [1.82, 2.24) is 14.9 Å². The molecular formula is C18H29N3O3S. The van der Waals surface area contributed by atoms with Crippen LogP contribution in [-0.2, 0) is 14.8 Å². The zero-order valence-electron chi connectivity index (χ0n) is 14.9. The number of nitrogens with zero attached hydrogens (tertiary/aromatic N) is 1. The molecule has 0 spiro atoms. The Morgan fingerprint density at radius 2 is 2.00 bits per heavy atom. The van der Waals surface area contributed by atoms with Crippen molar-refractivity contribution in [2.75, 3.05) is 32.7 Å². The maximum atomic E-state index is 12.0. The van der Waals surface area contributed by atoms with Gasteiger partial charge in [0.05, 0.1) is 4.90 Å². The Kier molecular flexibility index (Phi) is 7.87. The largest absolute Gasteiger partial charge is 0.356 e. The first kappa shape index (κ1) is 19.9. The fraction of sp³-hybridized carbons (Fsp3) is 0.611. The van der Waals surface area contributed by atoms with Crippen LogP contribution < -0.4 is 10.0 Å². The molecule has 0 aliphatic carbocycles. The van der Waals surface area contributed by atoms with Crippen LogP contribution >= 0.6 is 0 Å². The Morgan fingerprint density at radius 1 is 1.24 bits per heavy atom. The third kappa shape index (κ3) is 7.13. The predicted octanol–water partition coefficient (Wildman–Crippen LogP) is 1.59. The van der Waals surface area contributed by atoms with Gasteiger partial charge in [-0.1, -0.05) is 25.1 Å². The topological polar surface area (TPSA) is 78.5 Å². The van der Waals surface area contributed by atoms with Crippen LogP contribution in [0.15, 0.2) is 35.2 Å². The van der Waals surface area contributed by atoms with Gasteiger partial charge in [0, 0.05) is 26.1 Å². The number of carbonyl (C=O) groups excluding carboxylic acids is 1. The van der Waals surface area contributed by atoms with E-state index in [0.717, 1.165) is 32.0 Å². The van der Waals surface area contributed by atoms with E-state index in [2.05, 4.69) is 21.9 Å². The van der Waals surface area contributed by atoms with Crippen molar-refractivity contribution >= 4 is 15.9 Å². The first-order valence-corrected chi connectivity index (χ1v) is 10.5. The van der Waals surface area contributed by atoms with Crippen LogP contribution in [0.5, 0.6) is 0 Å². The molecule has 1 aliphatic rings. The lowest BCUT2D eigenvalue weighted by molar-refractivity contribution is -0.120. The van der Waals surface area contributed by atoms with Gasteiger partial charge in [-0.25, -0.2) is 13.1 Å². The fourth-order valence-electron chi connectivity index (χ4n) is 3.09. The molecule has 2 N–H and O–H groups in total. The first-order chi connectivity index (χ1) is 12.0. The SMILES string of the molecule is CC1CCCN(CCCNC(=O)CCNS(=O)(=O)c2ccccc2)C1. The molecule has 2 rings (SSSR count). The van der Waals surface area contributed by atoms with E-state index in [1.807, 2.05) is 0 Å². The summed E-state index contributed by atoms with van der Waals surface area (Å²) in [7, 11) is -3.54. The molecule has 0 aromatic heterocycles. The molecule has 0 saturated carbocycles. The molecule has 6 nitrogen and oxygen atoms in total. The van der Waals surface area contributed by atoms with Crippen molar-refractivity contribution in [2.45, 2.75) is 37.5 Å². The summed E-state index contributed by atoms with van der Waals surface area (Å²) in [6, 6.07) is 8.17. The van der Waals surface area contributed by atoms with Crippen LogP contribution in [0.1, 0.15) is 32.6 Å². The van der Waals surface area contributed by atoms with Gasteiger partial charge in [-0.05, 0) is 50.4 Å². The summed E-state index contributed by atoms with van der Waals surface area (Å²) in [5.74, 6) is 0.642. The Morgan fingerprint density at radius 3 is 2.72 bits per heavy atom. The molecule has 1 fully saturated rings. The highest BCUT2D eigenvalue weighted by Gasteiger charge is 2.16. The number of piperidine rings is 1. The van der Waals surface area contributed by atoms with Crippen molar-refractivity contribution in [3.05, 3.63) is 30.3 Å². The molecule has 7 heteroatoms. The minimum atomic E-state index is -3.54. The van der Waals surface area contributed by atoms with E-state index in [-0.39, 0.29) is 23.8 Å². The third-order valence-electron chi connectivity index (χ3n) is 4.41. The van der Waals surface area contributed by atoms with Gasteiger partial charge in [0.25, 0.3) is 0 Å². The predicted molar refractivity (Wildman–Crippen MR) is 98.7 cm³/mol. The molecule has 1 aromatic rings. The molecule has 25 heavy (non-hydrogen) atoms. The average Bonchev–Trinajstić information content (AvgIpc) is 2.59. The maximum absolute atomic E-state index is 12.0. The molecule has 1 atom stereocenters. The van der Waals surface area contributed by atoms with Crippen LogP contribution in [0.25, 0.3) is 0 Å². The summed E-state index contributed by atoms with van der Waals surface area (Å²) in [6.07, 6.45) is 3.64. The number of likely N-dealkylation sites (tertiary alicyclic amines) is 1. The maximum Gasteiger partial charge on any atom is 0.240 e. The number of nitrogens with one attached hydrogen (secondary N) is 2. The highest BCUT2D eigenvalue weighted by molar-refractivity contribution is 7.89. The minimum Gasteiger partial charge on any atom is -0.356 e. The van der Waals surface area contributed by atoms with Gasteiger partial charge in [-0.2, -0.15) is 0 Å². The van der Waals surface area contributed by atoms with E-state index in [1.165, 1.54) is 25.0 Å². The van der Waals surface area contributed by atoms with E-state index in [4.69, 9.17) is 0 Å². The van der Waals surface area contributed by atoms with Crippen LogP contribution in [0, 0.1) is 5.92 Å². The Labute approximate surface area is 151 Å². The summed E-state index contributed by atoms with van der Waals surface area (Å²) in [4.78, 5) is 14.5. The Balaban J connectivity index is 1.58. The molecule has 0 radical (unpaired) electrons. The number of rotatable bonds is 9. The van der Waals surface area contributed by atoms with Crippen LogP contribution in [0.2, 0.25) is 0 Å². The second-order valence-electron chi connectivity index (χ2n) is 6.71. The van der Waals surface area contributed by atoms with E-state index in [0.29, 0.717) is 6.54 Å². The summed E-state index contributed by atoms with van der Waals surface area (Å²) < 4.78 is 26.5. The lowest BCUT2D eigenvalue weighted by Gasteiger charge is -2.30. The van der Waals surface area contributed by atoms with Gasteiger partial charge < -0.3 is 10.2 Å². The molecular weight excluding hydrogens is 338 g/mol. The number of amides is 1. The number of hydrogen-bond acceptors (Lipinski definition) is 4. The van der Waals surface area contributed by atoms with Gasteiger partial charge in [-0.15, -0.1) is 0 Å². The average molecular weight is 368 g/mol. The van der Waals surface area contributed by atoms with E-state index < -0.39 is 10.0 Å². The van der Waals surface area contributed by atoms with Gasteiger partial charge >= 0.3 is 0 Å². The number of carbonyl (C=O) groups is 1. The van der Waals surface area contributed by atoms with Crippen molar-refractivity contribution in [1.29, 1.82) is 0 Å². The van der Waals surface area contributed by atoms with E-state index >= 15 is 0 Å². The first-order valence-electron chi connectivity index (χ1n) is 9.01. The Bertz CT molecular complexity index is 634. The summed E-state index contributed by atoms with van der Waals surface area (Å²) in [5.41, 5.74) is 0. The normalized spacial score (nSPS) is 18.8. The quantitative estimate of drug-likeness (QED) is 0.650. The molecule has 1 unspecified atom stereocenters. The second-order valence-corrected chi connectivity index (χ2v) is 8.48. The van der Waals surface area contributed by atoms with Crippen LogP contribution in [0.4, 0.5) is 0 Å². The van der Waals surface area contributed by atoms with Gasteiger partial charge in [0.15, 0.2) is 0 Å². The summed E-state index contributed by atoms with van der Waals surface area (Å²) >= 11 is 0. The summed E-state index contributed by atoms with van der Waals surface area (Å²) in [6.45, 7) is 6.33. The lowest BCUT2D eigenvalue weighted by Crippen LogP contribution is -2.37. The molecule has 1 aromatic carbocycles. The second kappa shape index (κ2) is 9.89. The van der Waals surface area contributed by atoms with E-state index in [9.17, 15) is 13.2 Å². The van der Waals surface area contributed by atoms with Gasteiger partial charge in [-0.3, -0.25) is 4.79 Å². The summed E-state index contributed by atoms with van der Waals surface area (Å²) in [5, 5.41) is 2.86. The smallest absolute Gasteiger partial charge is 0.240 e. The number of sulfonamides is 1. The molecule has 1 heterocycles. The molecule has 0 bridgehead atoms. The van der Waals surface area contributed by atoms with Gasteiger partial charge in [0.1, 0.15) is 0 Å². The van der Waals surface area contributed by atoms with Crippen molar-refractivity contribution < 1.29 is 13.2 Å². The monoisotopic (exact) mass is 367 g/mol. The van der Waals surface area contributed by atoms with Crippen molar-refractivity contribution in [2.24, 2.45) is 5.92 Å². The molecule has 1 amide bonds. The van der Waals surface area contributed by atoms with Crippen molar-refractivity contribution in [3.8, 4) is 0 Å². The van der Waals surface area contributed by atoms with Crippen LogP contribution in [-0.4, -0.2) is 51.9 Å². The number of hydrogen-bond donors (Lipinski definition) is 2. The minimum absolute atomic E-state index is 0.104. The third-order valence-corrected chi connectivity index (χ3v) is 5.89. The molecule has 1 aliphatic heterocycles. The highest BCUT2D eigenvalue weighted by Crippen LogP contribution is 2.15. The Hall–Kier alpha value is -1.44. The molecule has 140 valence electrons. The van der Waals surface area contributed by atoms with Crippen molar-refractivity contribution in [3.63, 3.8) is 0 Å². The van der Waals surface area contributed by atoms with Gasteiger partial charge in [0.2, 0.25) is 15.9 Å².